The number of piperidine rings is 1. The van der Waals surface area contributed by atoms with Crippen LogP contribution in [-0.4, -0.2) is 75.7 Å². The molecule has 0 bridgehead atoms. The highest BCUT2D eigenvalue weighted by Crippen LogP contribution is 2.68. The number of esters is 1. The third-order valence-electron chi connectivity index (χ3n) is 12.9. The molecule has 252 valence electrons. The van der Waals surface area contributed by atoms with Crippen molar-refractivity contribution in [2.24, 2.45) is 45.8 Å². The summed E-state index contributed by atoms with van der Waals surface area (Å²) >= 11 is 0. The van der Waals surface area contributed by atoms with Gasteiger partial charge in [0, 0.05) is 85.5 Å². The van der Waals surface area contributed by atoms with E-state index in [1.54, 1.807) is 4.90 Å². The van der Waals surface area contributed by atoms with Gasteiger partial charge in [-0.3, -0.25) is 19.2 Å². The van der Waals surface area contributed by atoms with Crippen LogP contribution in [0.25, 0.3) is 0 Å². The van der Waals surface area contributed by atoms with Crippen LogP contribution >= 0.6 is 0 Å². The molecule has 11 nitrogen and oxygen atoms in total. The summed E-state index contributed by atoms with van der Waals surface area (Å²) in [4.78, 5) is 67.6. The van der Waals surface area contributed by atoms with Gasteiger partial charge in [0.1, 0.15) is 29.1 Å². The van der Waals surface area contributed by atoms with E-state index in [1.165, 1.54) is 0 Å². The van der Waals surface area contributed by atoms with Crippen LogP contribution in [0, 0.1) is 28.6 Å². The van der Waals surface area contributed by atoms with E-state index in [2.05, 4.69) is 0 Å². The molecule has 2 unspecified atom stereocenters. The summed E-state index contributed by atoms with van der Waals surface area (Å²) in [6, 6.07) is 0. The minimum absolute atomic E-state index is 0.00421. The number of ketones is 3. The first-order chi connectivity index (χ1) is 20.7. The standard InChI is InChI=1S/C34H54N4O7/c1-20(7-8-26(42)44-22-11-15-38(16-12-22)28(43)45-29(2,3)4)23-10-14-33(36)27-24(40)18-32(35)17-21(39)9-13-30(32,5)34(27,37)19-25(41)31(23,33)6/h20,22-23,27H,7-19,35-37H2,1-6H3/t20-,23?,27?,30-,31-,32+,33-,34-/m0/s1. The molecule has 0 aromatic rings. The number of nitrogens with two attached hydrogens (primary N) is 3. The maximum Gasteiger partial charge on any atom is 0.410 e. The number of ether oxygens (including phenoxy) is 2. The Morgan fingerprint density at radius 3 is 2.22 bits per heavy atom. The van der Waals surface area contributed by atoms with Gasteiger partial charge in [-0.15, -0.1) is 0 Å². The van der Waals surface area contributed by atoms with E-state index in [1.807, 2.05) is 41.5 Å². The SMILES string of the molecule is C[C@@H](CCC(=O)OC1CCN(C(=O)OC(C)(C)C)CC1)C1CC[C@]2(N)C3C(=O)C[C@]4(N)CC(=O)CC[C@]4(C)[C@]3(N)CC(=O)[C@]12C. The van der Waals surface area contributed by atoms with Gasteiger partial charge in [-0.2, -0.15) is 0 Å². The second-order valence-corrected chi connectivity index (χ2v) is 16.5. The second-order valence-electron chi connectivity index (χ2n) is 16.5. The largest absolute Gasteiger partial charge is 0.462 e. The van der Waals surface area contributed by atoms with Crippen LogP contribution in [0.2, 0.25) is 0 Å². The zero-order valence-electron chi connectivity index (χ0n) is 28.0. The smallest absolute Gasteiger partial charge is 0.410 e. The Kier molecular flexibility index (Phi) is 8.39. The van der Waals surface area contributed by atoms with E-state index in [4.69, 9.17) is 26.7 Å². The number of likely N-dealkylation sites (tertiary alicyclic amines) is 1. The normalized spacial score (nSPS) is 41.2. The van der Waals surface area contributed by atoms with Crippen molar-refractivity contribution >= 4 is 29.4 Å². The number of carbonyl (C=O) groups is 5. The summed E-state index contributed by atoms with van der Waals surface area (Å²) in [5.74, 6) is -1.34. The Labute approximate surface area is 267 Å². The number of carbonyl (C=O) groups excluding carboxylic acids is 5. The number of rotatable bonds is 5. The summed E-state index contributed by atoms with van der Waals surface area (Å²) in [6.45, 7) is 12.3. The lowest BCUT2D eigenvalue weighted by Gasteiger charge is -2.69. The number of Topliss-reactive ketones (excluding diaryl/α,β-unsaturated/α-hetero) is 3. The predicted molar refractivity (Wildman–Crippen MR) is 167 cm³/mol. The Hall–Kier alpha value is -2.37. The van der Waals surface area contributed by atoms with Crippen LogP contribution in [0.4, 0.5) is 4.79 Å². The minimum Gasteiger partial charge on any atom is -0.462 e. The van der Waals surface area contributed by atoms with Crippen LogP contribution in [-0.2, 0) is 28.7 Å². The van der Waals surface area contributed by atoms with Crippen LogP contribution in [0.15, 0.2) is 0 Å². The summed E-state index contributed by atoms with van der Waals surface area (Å²) in [6.07, 6.45) is 3.24. The van der Waals surface area contributed by atoms with Gasteiger partial charge in [0.15, 0.2) is 0 Å². The summed E-state index contributed by atoms with van der Waals surface area (Å²) < 4.78 is 11.2. The number of nitrogens with zero attached hydrogens (tertiary/aromatic N) is 1. The van der Waals surface area contributed by atoms with Gasteiger partial charge in [-0.25, -0.2) is 4.79 Å². The number of hydrogen-bond acceptors (Lipinski definition) is 10. The van der Waals surface area contributed by atoms with Crippen molar-refractivity contribution < 1.29 is 33.4 Å². The molecule has 45 heavy (non-hydrogen) atoms. The summed E-state index contributed by atoms with van der Waals surface area (Å²) in [5.41, 5.74) is 15.6. The fourth-order valence-corrected chi connectivity index (χ4v) is 10.1. The van der Waals surface area contributed by atoms with Crippen molar-refractivity contribution in [1.29, 1.82) is 0 Å². The van der Waals surface area contributed by atoms with Gasteiger partial charge in [0.25, 0.3) is 0 Å². The molecule has 1 aliphatic heterocycles. The average Bonchev–Trinajstić information content (AvgIpc) is 3.20. The molecule has 5 rings (SSSR count). The van der Waals surface area contributed by atoms with Crippen molar-refractivity contribution in [3.63, 3.8) is 0 Å². The third kappa shape index (κ3) is 5.25. The lowest BCUT2D eigenvalue weighted by molar-refractivity contribution is -0.177. The van der Waals surface area contributed by atoms with Gasteiger partial charge >= 0.3 is 12.1 Å². The molecule has 0 spiro atoms. The molecule has 5 fully saturated rings. The Morgan fingerprint density at radius 1 is 0.956 bits per heavy atom. The molecular formula is C34H54N4O7. The van der Waals surface area contributed by atoms with Gasteiger partial charge in [0.05, 0.1) is 5.92 Å². The topological polar surface area (TPSA) is 185 Å². The third-order valence-corrected chi connectivity index (χ3v) is 12.9. The highest BCUT2D eigenvalue weighted by Gasteiger charge is 2.78. The molecule has 1 saturated heterocycles. The van der Waals surface area contributed by atoms with Gasteiger partial charge < -0.3 is 31.6 Å². The molecule has 4 saturated carbocycles. The maximum atomic E-state index is 14.3. The van der Waals surface area contributed by atoms with Crippen molar-refractivity contribution in [3.8, 4) is 0 Å². The van der Waals surface area contributed by atoms with Crippen LogP contribution in [0.1, 0.15) is 112 Å². The van der Waals surface area contributed by atoms with E-state index in [0.717, 1.165) is 0 Å². The fraction of sp³-hybridized carbons (Fsp3) is 0.853. The quantitative estimate of drug-likeness (QED) is 0.381. The zero-order chi connectivity index (χ0) is 33.4. The molecule has 5 aliphatic rings. The Bertz CT molecular complexity index is 1270. The highest BCUT2D eigenvalue weighted by atomic mass is 16.6. The molecule has 1 amide bonds. The van der Waals surface area contributed by atoms with E-state index in [9.17, 15) is 24.0 Å². The molecule has 4 aliphatic carbocycles. The first-order valence-corrected chi connectivity index (χ1v) is 16.8. The molecule has 0 aromatic heterocycles. The number of fused-ring (bicyclic) bond motifs is 5. The molecule has 1 heterocycles. The molecule has 6 N–H and O–H groups in total. The van der Waals surface area contributed by atoms with E-state index >= 15 is 0 Å². The molecule has 0 radical (unpaired) electrons. The van der Waals surface area contributed by atoms with E-state index < -0.39 is 39.0 Å². The minimum atomic E-state index is -1.23. The van der Waals surface area contributed by atoms with E-state index in [0.29, 0.717) is 58.0 Å². The van der Waals surface area contributed by atoms with Crippen molar-refractivity contribution in [3.05, 3.63) is 0 Å². The van der Waals surface area contributed by atoms with Gasteiger partial charge in [0.2, 0.25) is 0 Å². The van der Waals surface area contributed by atoms with Crippen LogP contribution in [0.5, 0.6) is 0 Å². The van der Waals surface area contributed by atoms with Crippen LogP contribution < -0.4 is 17.2 Å². The Balaban J connectivity index is 1.23. The second kappa shape index (κ2) is 11.1. The number of amides is 1. The first-order valence-electron chi connectivity index (χ1n) is 16.8. The monoisotopic (exact) mass is 630 g/mol. The van der Waals surface area contributed by atoms with E-state index in [-0.39, 0.29) is 73.0 Å². The fourth-order valence-electron chi connectivity index (χ4n) is 10.1. The van der Waals surface area contributed by atoms with Gasteiger partial charge in [-0.05, 0) is 58.3 Å². The molecule has 0 aromatic carbocycles. The van der Waals surface area contributed by atoms with Crippen molar-refractivity contribution in [1.82, 2.24) is 4.90 Å². The summed E-state index contributed by atoms with van der Waals surface area (Å²) in [7, 11) is 0. The lowest BCUT2D eigenvalue weighted by Crippen LogP contribution is -2.85. The Morgan fingerprint density at radius 2 is 1.60 bits per heavy atom. The zero-order valence-corrected chi connectivity index (χ0v) is 28.0. The number of hydrogen-bond donors (Lipinski definition) is 3. The maximum absolute atomic E-state index is 14.3. The average molecular weight is 631 g/mol. The highest BCUT2D eigenvalue weighted by molar-refractivity contribution is 5.97. The lowest BCUT2D eigenvalue weighted by atomic mass is 9.37. The van der Waals surface area contributed by atoms with Gasteiger partial charge in [-0.1, -0.05) is 20.8 Å². The van der Waals surface area contributed by atoms with Crippen molar-refractivity contribution in [2.45, 2.75) is 140 Å². The first kappa shape index (κ1) is 34.0. The van der Waals surface area contributed by atoms with Crippen molar-refractivity contribution in [2.75, 3.05) is 13.1 Å². The molecule has 8 atom stereocenters. The predicted octanol–water partition coefficient (Wildman–Crippen LogP) is 3.18. The molecular weight excluding hydrogens is 576 g/mol. The summed E-state index contributed by atoms with van der Waals surface area (Å²) in [5, 5.41) is 0. The van der Waals surface area contributed by atoms with Crippen LogP contribution in [0.3, 0.4) is 0 Å². The molecule has 11 heteroatoms.